The second-order valence-electron chi connectivity index (χ2n) is 7.31. The largest absolute Gasteiger partial charge is 0.506 e. The Bertz CT molecular complexity index is 1030. The zero-order valence-corrected chi connectivity index (χ0v) is 17.4. The lowest BCUT2D eigenvalue weighted by Crippen LogP contribution is -2.45. The van der Waals surface area contributed by atoms with Crippen LogP contribution in [0, 0.1) is 0 Å². The molecule has 4 rings (SSSR count). The van der Waals surface area contributed by atoms with E-state index in [1.165, 1.54) is 6.07 Å². The monoisotopic (exact) mass is 426 g/mol. The molecule has 2 N–H and O–H groups in total. The molecule has 3 aromatic rings. The summed E-state index contributed by atoms with van der Waals surface area (Å²) in [6.07, 6.45) is 0. The van der Waals surface area contributed by atoms with Crippen molar-refractivity contribution in [1.82, 2.24) is 19.9 Å². The van der Waals surface area contributed by atoms with E-state index in [-0.39, 0.29) is 11.4 Å². The summed E-state index contributed by atoms with van der Waals surface area (Å²) in [6.45, 7) is 3.76. The van der Waals surface area contributed by atoms with Gasteiger partial charge < -0.3 is 20.2 Å². The molecule has 0 spiro atoms. The smallest absolute Gasteiger partial charge is 0.280 e. The normalized spacial score (nSPS) is 14.7. The van der Waals surface area contributed by atoms with Crippen molar-refractivity contribution in [3.8, 4) is 5.75 Å². The predicted molar refractivity (Wildman–Crippen MR) is 116 cm³/mol. The van der Waals surface area contributed by atoms with Crippen LogP contribution in [0.2, 0.25) is 5.02 Å². The third kappa shape index (κ3) is 4.39. The fraction of sp³-hybridized carbons (Fsp3) is 0.286. The Kier molecular flexibility index (Phi) is 5.87. The van der Waals surface area contributed by atoms with Gasteiger partial charge >= 0.3 is 0 Å². The van der Waals surface area contributed by atoms with Crippen molar-refractivity contribution in [2.24, 2.45) is 0 Å². The SMILES string of the molecule is CN1CCN(c2c(C(=O)Nc3ccccc3O)nnn2Cc2ccc(Cl)cc2)CC1. The summed E-state index contributed by atoms with van der Waals surface area (Å²) in [6, 6.07) is 14.1. The Morgan fingerprint density at radius 2 is 1.80 bits per heavy atom. The molecular formula is C21H23ClN6O2. The average Bonchev–Trinajstić information content (AvgIpc) is 3.15. The van der Waals surface area contributed by atoms with Gasteiger partial charge in [-0.15, -0.1) is 5.10 Å². The topological polar surface area (TPSA) is 86.5 Å². The third-order valence-electron chi connectivity index (χ3n) is 5.12. The zero-order chi connectivity index (χ0) is 21.1. The van der Waals surface area contributed by atoms with Crippen LogP contribution in [-0.4, -0.2) is 64.1 Å². The molecule has 0 bridgehead atoms. The van der Waals surface area contributed by atoms with Gasteiger partial charge in [-0.2, -0.15) is 0 Å². The number of hydrogen-bond acceptors (Lipinski definition) is 6. The number of phenols is 1. The van der Waals surface area contributed by atoms with Crippen LogP contribution in [0.1, 0.15) is 16.1 Å². The summed E-state index contributed by atoms with van der Waals surface area (Å²) in [5.74, 6) is 0.263. The highest BCUT2D eigenvalue weighted by Gasteiger charge is 2.27. The first-order valence-electron chi connectivity index (χ1n) is 9.72. The molecule has 1 fully saturated rings. The van der Waals surface area contributed by atoms with Crippen molar-refractivity contribution in [1.29, 1.82) is 0 Å². The minimum atomic E-state index is -0.409. The molecule has 1 amide bonds. The molecule has 2 heterocycles. The number of piperazine rings is 1. The maximum absolute atomic E-state index is 13.0. The number of carbonyl (C=O) groups is 1. The van der Waals surface area contributed by atoms with E-state index in [4.69, 9.17) is 11.6 Å². The number of halogens is 1. The van der Waals surface area contributed by atoms with Crippen LogP contribution in [0.15, 0.2) is 48.5 Å². The number of rotatable bonds is 5. The van der Waals surface area contributed by atoms with E-state index in [9.17, 15) is 9.90 Å². The summed E-state index contributed by atoms with van der Waals surface area (Å²) in [4.78, 5) is 17.4. The van der Waals surface area contributed by atoms with E-state index in [2.05, 4.69) is 32.5 Å². The van der Waals surface area contributed by atoms with E-state index >= 15 is 0 Å². The lowest BCUT2D eigenvalue weighted by Gasteiger charge is -2.34. The molecule has 0 atom stereocenters. The number of carbonyl (C=O) groups excluding carboxylic acids is 1. The van der Waals surface area contributed by atoms with Gasteiger partial charge in [-0.25, -0.2) is 4.68 Å². The Balaban J connectivity index is 1.65. The van der Waals surface area contributed by atoms with Crippen LogP contribution in [0.4, 0.5) is 11.5 Å². The maximum atomic E-state index is 13.0. The van der Waals surface area contributed by atoms with E-state index in [1.807, 2.05) is 24.3 Å². The van der Waals surface area contributed by atoms with Gasteiger partial charge in [0.25, 0.3) is 5.91 Å². The number of phenolic OH excluding ortho intramolecular Hbond substituents is 1. The van der Waals surface area contributed by atoms with Crippen LogP contribution < -0.4 is 10.2 Å². The minimum Gasteiger partial charge on any atom is -0.506 e. The molecule has 0 unspecified atom stereocenters. The van der Waals surface area contributed by atoms with Gasteiger partial charge in [0.2, 0.25) is 0 Å². The number of likely N-dealkylation sites (N-methyl/N-ethyl adjacent to an activating group) is 1. The number of aromatic nitrogens is 3. The number of amides is 1. The van der Waals surface area contributed by atoms with E-state index in [1.54, 1.807) is 22.9 Å². The lowest BCUT2D eigenvalue weighted by molar-refractivity contribution is 0.102. The second kappa shape index (κ2) is 8.73. The molecule has 0 aliphatic carbocycles. The number of benzene rings is 2. The van der Waals surface area contributed by atoms with Crippen molar-refractivity contribution in [2.75, 3.05) is 43.4 Å². The van der Waals surface area contributed by atoms with Gasteiger partial charge in [0.05, 0.1) is 12.2 Å². The molecule has 30 heavy (non-hydrogen) atoms. The third-order valence-corrected chi connectivity index (χ3v) is 5.38. The van der Waals surface area contributed by atoms with Crippen molar-refractivity contribution in [2.45, 2.75) is 6.54 Å². The molecule has 0 saturated carbocycles. The first-order chi connectivity index (χ1) is 14.5. The van der Waals surface area contributed by atoms with Crippen LogP contribution in [-0.2, 0) is 6.54 Å². The first-order valence-corrected chi connectivity index (χ1v) is 10.1. The van der Waals surface area contributed by atoms with Gasteiger partial charge in [0.1, 0.15) is 5.75 Å². The highest BCUT2D eigenvalue weighted by Crippen LogP contribution is 2.26. The standard InChI is InChI=1S/C21H23ClN6O2/c1-26-10-12-27(13-11-26)21-19(20(30)23-17-4-2-3-5-18(17)29)24-25-28(21)14-15-6-8-16(22)9-7-15/h2-9,29H,10-14H2,1H3,(H,23,30). The number of aromatic hydroxyl groups is 1. The summed E-state index contributed by atoms with van der Waals surface area (Å²) < 4.78 is 1.74. The van der Waals surface area contributed by atoms with Crippen molar-refractivity contribution >= 4 is 29.0 Å². The second-order valence-corrected chi connectivity index (χ2v) is 7.74. The molecule has 1 saturated heterocycles. The summed E-state index contributed by atoms with van der Waals surface area (Å²) in [5.41, 5.74) is 1.57. The number of hydrogen-bond donors (Lipinski definition) is 2. The Hall–Kier alpha value is -3.10. The minimum absolute atomic E-state index is 0.000512. The molecule has 1 aromatic heterocycles. The average molecular weight is 427 g/mol. The van der Waals surface area contributed by atoms with Crippen LogP contribution >= 0.6 is 11.6 Å². The Morgan fingerprint density at radius 1 is 1.10 bits per heavy atom. The number of nitrogens with one attached hydrogen (secondary N) is 1. The molecule has 0 radical (unpaired) electrons. The van der Waals surface area contributed by atoms with Gasteiger partial charge in [-0.1, -0.05) is 41.1 Å². The van der Waals surface area contributed by atoms with Crippen molar-refractivity contribution in [3.63, 3.8) is 0 Å². The molecule has 156 valence electrons. The van der Waals surface area contributed by atoms with Gasteiger partial charge in [-0.05, 0) is 36.9 Å². The molecule has 1 aliphatic rings. The Labute approximate surface area is 179 Å². The van der Waals surface area contributed by atoms with Crippen molar-refractivity contribution in [3.05, 3.63) is 64.8 Å². The highest BCUT2D eigenvalue weighted by molar-refractivity contribution is 6.30. The zero-order valence-electron chi connectivity index (χ0n) is 16.6. The fourth-order valence-corrected chi connectivity index (χ4v) is 3.54. The first kappa shape index (κ1) is 20.2. The lowest BCUT2D eigenvalue weighted by atomic mass is 10.2. The van der Waals surface area contributed by atoms with Gasteiger partial charge in [0.15, 0.2) is 11.5 Å². The van der Waals surface area contributed by atoms with Crippen LogP contribution in [0.5, 0.6) is 5.75 Å². The Morgan fingerprint density at radius 3 is 2.50 bits per heavy atom. The van der Waals surface area contributed by atoms with E-state index in [0.717, 1.165) is 31.7 Å². The molecule has 9 heteroatoms. The highest BCUT2D eigenvalue weighted by atomic mass is 35.5. The predicted octanol–water partition coefficient (Wildman–Crippen LogP) is 2.69. The quantitative estimate of drug-likeness (QED) is 0.610. The number of para-hydroxylation sites is 2. The van der Waals surface area contributed by atoms with Gasteiger partial charge in [-0.3, -0.25) is 4.79 Å². The molecule has 8 nitrogen and oxygen atoms in total. The summed E-state index contributed by atoms with van der Waals surface area (Å²) in [5, 5.41) is 21.9. The number of anilines is 2. The van der Waals surface area contributed by atoms with Crippen LogP contribution in [0.25, 0.3) is 0 Å². The van der Waals surface area contributed by atoms with Crippen molar-refractivity contribution < 1.29 is 9.90 Å². The number of nitrogens with zero attached hydrogens (tertiary/aromatic N) is 5. The fourth-order valence-electron chi connectivity index (χ4n) is 3.42. The molecule has 2 aromatic carbocycles. The van der Waals surface area contributed by atoms with E-state index < -0.39 is 5.91 Å². The maximum Gasteiger partial charge on any atom is 0.280 e. The van der Waals surface area contributed by atoms with Crippen LogP contribution in [0.3, 0.4) is 0 Å². The molecule has 1 aliphatic heterocycles. The van der Waals surface area contributed by atoms with E-state index in [0.29, 0.717) is 23.1 Å². The summed E-state index contributed by atoms with van der Waals surface area (Å²) >= 11 is 6.00. The molecular weight excluding hydrogens is 404 g/mol. The van der Waals surface area contributed by atoms with Gasteiger partial charge in [0, 0.05) is 31.2 Å². The summed E-state index contributed by atoms with van der Waals surface area (Å²) in [7, 11) is 2.08.